The van der Waals surface area contributed by atoms with Crippen LogP contribution in [-0.4, -0.2) is 51.6 Å². The summed E-state index contributed by atoms with van der Waals surface area (Å²) in [6, 6.07) is 0. The van der Waals surface area contributed by atoms with Crippen LogP contribution in [0.2, 0.25) is 0 Å². The van der Waals surface area contributed by atoms with Crippen molar-refractivity contribution in [2.45, 2.75) is 98.9 Å². The summed E-state index contributed by atoms with van der Waals surface area (Å²) < 4.78 is 20.8. The molecule has 2 fully saturated rings. The number of esters is 1. The molecule has 0 aromatic carbocycles. The Bertz CT molecular complexity index is 1330. The quantitative estimate of drug-likeness (QED) is 0.394. The molecule has 1 N–H and O–H groups in total. The van der Waals surface area contributed by atoms with E-state index in [-0.39, 0.29) is 29.6 Å². The molecule has 3 aliphatic carbocycles. The number of Topliss-reactive ketones (excluding diaryl/α,β-unsaturated/α-hetero) is 1. The lowest BCUT2D eigenvalue weighted by Crippen LogP contribution is -2.68. The third kappa shape index (κ3) is 3.80. The Labute approximate surface area is 238 Å². The first-order valence-electron chi connectivity index (χ1n) is 14.5. The number of aliphatic hydroxyl groups is 1. The average Bonchev–Trinajstić information content (AvgIpc) is 3.22. The molecular formula is C33H45NO6. The Balaban J connectivity index is 1.69. The van der Waals surface area contributed by atoms with Gasteiger partial charge in [0.05, 0.1) is 17.6 Å². The monoisotopic (exact) mass is 551 g/mol. The van der Waals surface area contributed by atoms with Crippen LogP contribution in [0.1, 0.15) is 76.5 Å². The van der Waals surface area contributed by atoms with Gasteiger partial charge >= 0.3 is 5.97 Å². The molecule has 5 rings (SSSR count). The van der Waals surface area contributed by atoms with Crippen molar-refractivity contribution >= 4 is 11.8 Å². The van der Waals surface area contributed by atoms with Gasteiger partial charge in [0.2, 0.25) is 0 Å². The summed E-state index contributed by atoms with van der Waals surface area (Å²) in [5.41, 5.74) is -0.107. The van der Waals surface area contributed by atoms with Gasteiger partial charge in [-0.25, -0.2) is 4.79 Å². The molecule has 4 aliphatic rings. The van der Waals surface area contributed by atoms with Crippen molar-refractivity contribution < 1.29 is 28.9 Å². The molecule has 2 bridgehead atoms. The molecule has 1 aromatic heterocycles. The zero-order valence-corrected chi connectivity index (χ0v) is 25.5. The lowest BCUT2D eigenvalue weighted by Gasteiger charge is -2.52. The van der Waals surface area contributed by atoms with Gasteiger partial charge in [-0.05, 0) is 75.0 Å². The molecule has 0 amide bonds. The molecule has 7 nitrogen and oxygen atoms in total. The first-order chi connectivity index (χ1) is 18.5. The van der Waals surface area contributed by atoms with Gasteiger partial charge < -0.3 is 23.9 Å². The van der Waals surface area contributed by atoms with Crippen LogP contribution in [0.15, 0.2) is 42.2 Å². The summed E-state index contributed by atoms with van der Waals surface area (Å²) in [5.74, 6) is -2.03. The van der Waals surface area contributed by atoms with Crippen molar-refractivity contribution in [3.8, 4) is 0 Å². The van der Waals surface area contributed by atoms with Crippen LogP contribution in [0.25, 0.3) is 0 Å². The molecule has 1 saturated carbocycles. The van der Waals surface area contributed by atoms with E-state index in [9.17, 15) is 14.7 Å². The van der Waals surface area contributed by atoms with E-state index in [1.54, 1.807) is 6.08 Å². The summed E-state index contributed by atoms with van der Waals surface area (Å²) in [6.45, 7) is 22.3. The number of hydrogen-bond acceptors (Lipinski definition) is 6. The number of allylic oxidation sites excluding steroid dienone is 2. The molecule has 40 heavy (non-hydrogen) atoms. The lowest BCUT2D eigenvalue weighted by molar-refractivity contribution is -0.302. The predicted molar refractivity (Wildman–Crippen MR) is 153 cm³/mol. The van der Waals surface area contributed by atoms with E-state index in [0.717, 1.165) is 23.3 Å². The molecule has 0 unspecified atom stereocenters. The van der Waals surface area contributed by atoms with E-state index in [1.165, 1.54) is 0 Å². The Hall–Kier alpha value is -2.48. The highest BCUT2D eigenvalue weighted by Gasteiger charge is 2.74. The first-order valence-corrected chi connectivity index (χ1v) is 14.5. The normalized spacial score (nSPS) is 37.9. The van der Waals surface area contributed by atoms with Crippen LogP contribution in [-0.2, 0) is 25.5 Å². The average molecular weight is 552 g/mol. The second-order valence-corrected chi connectivity index (χ2v) is 13.7. The van der Waals surface area contributed by atoms with Crippen LogP contribution in [0.3, 0.4) is 0 Å². The third-order valence-corrected chi connectivity index (χ3v) is 10.6. The number of aromatic nitrogens is 1. The van der Waals surface area contributed by atoms with Gasteiger partial charge in [0.1, 0.15) is 6.10 Å². The molecule has 2 heterocycles. The fraction of sp³-hybridized carbons (Fsp3) is 0.636. The molecule has 7 heteroatoms. The molecule has 0 radical (unpaired) electrons. The summed E-state index contributed by atoms with van der Waals surface area (Å²) in [7, 11) is 0. The number of carbonyl (C=O) groups is 2. The zero-order valence-electron chi connectivity index (χ0n) is 25.5. The largest absolute Gasteiger partial charge is 0.451 e. The van der Waals surface area contributed by atoms with Gasteiger partial charge in [0.25, 0.3) is 0 Å². The fourth-order valence-electron chi connectivity index (χ4n) is 7.99. The van der Waals surface area contributed by atoms with E-state index >= 15 is 0 Å². The molecule has 1 saturated heterocycles. The highest BCUT2D eigenvalue weighted by Crippen LogP contribution is 2.64. The van der Waals surface area contributed by atoms with Crippen LogP contribution in [0.4, 0.5) is 0 Å². The molecule has 218 valence electrons. The summed E-state index contributed by atoms with van der Waals surface area (Å²) in [6.07, 6.45) is 6.34. The van der Waals surface area contributed by atoms with Gasteiger partial charge in [0.15, 0.2) is 23.3 Å². The molecule has 7 atom stereocenters. The SMILES string of the molecule is C=CCn1cc(C)c(C(=O)O[C@H]2C(C)=C[C@]34C(=O)[C@@H](C=C5COC(C)(C)O[C@H]5[C@]23O)C(C)(C)[C@@H](C)C[C@H]4C)c1C. The zero-order chi connectivity index (χ0) is 29.6. The molecule has 1 aromatic rings. The number of carbonyl (C=O) groups excluding carboxylic acids is 2. The number of ether oxygens (including phenoxy) is 3. The van der Waals surface area contributed by atoms with Crippen molar-refractivity contribution in [3.63, 3.8) is 0 Å². The smallest absolute Gasteiger partial charge is 0.340 e. The first kappa shape index (κ1) is 29.0. The van der Waals surface area contributed by atoms with Crippen molar-refractivity contribution in [1.29, 1.82) is 0 Å². The summed E-state index contributed by atoms with van der Waals surface area (Å²) in [5, 5.41) is 13.2. The predicted octanol–water partition coefficient (Wildman–Crippen LogP) is 5.47. The van der Waals surface area contributed by atoms with E-state index in [1.807, 2.05) is 64.5 Å². The minimum atomic E-state index is -1.85. The van der Waals surface area contributed by atoms with Crippen molar-refractivity contribution in [1.82, 2.24) is 4.57 Å². The third-order valence-electron chi connectivity index (χ3n) is 10.6. The maximum atomic E-state index is 14.9. The standard InChI is InChI=1S/C33H45NO6/c1-11-12-34-16-19(3)25(22(34)6)29(36)39-27-18(2)15-32-21(5)13-20(4)30(7,8)24(26(32)35)14-23-17-38-31(9,10)40-28(23)33(27,32)37/h11,14-16,20-21,24,27-28,37H,1,12-13,17H2,2-10H3/t20-,21+,24+,27-,28+,32-,33+/m0/s1. The maximum Gasteiger partial charge on any atom is 0.340 e. The van der Waals surface area contributed by atoms with Crippen LogP contribution >= 0.6 is 0 Å². The van der Waals surface area contributed by atoms with Gasteiger partial charge in [0, 0.05) is 24.4 Å². The Morgan fingerprint density at radius 3 is 2.52 bits per heavy atom. The summed E-state index contributed by atoms with van der Waals surface area (Å²) in [4.78, 5) is 28.8. The van der Waals surface area contributed by atoms with E-state index < -0.39 is 40.9 Å². The minimum Gasteiger partial charge on any atom is -0.451 e. The van der Waals surface area contributed by atoms with Crippen LogP contribution < -0.4 is 0 Å². The Morgan fingerprint density at radius 1 is 1.20 bits per heavy atom. The second kappa shape index (κ2) is 9.27. The number of rotatable bonds is 4. The van der Waals surface area contributed by atoms with Gasteiger partial charge in [-0.1, -0.05) is 45.9 Å². The van der Waals surface area contributed by atoms with Crippen molar-refractivity contribution in [3.05, 3.63) is 59.0 Å². The molecular weight excluding hydrogens is 506 g/mol. The van der Waals surface area contributed by atoms with Crippen molar-refractivity contribution in [2.75, 3.05) is 6.61 Å². The summed E-state index contributed by atoms with van der Waals surface area (Å²) >= 11 is 0. The molecule has 1 aliphatic heterocycles. The Morgan fingerprint density at radius 2 is 1.88 bits per heavy atom. The number of hydrogen-bond donors (Lipinski definition) is 1. The minimum absolute atomic E-state index is 0.0393. The number of ketones is 1. The fourth-order valence-corrected chi connectivity index (χ4v) is 7.99. The topological polar surface area (TPSA) is 87.0 Å². The van der Waals surface area contributed by atoms with Crippen LogP contribution in [0, 0.1) is 42.4 Å². The Kier molecular flexibility index (Phi) is 6.72. The van der Waals surface area contributed by atoms with E-state index in [4.69, 9.17) is 14.2 Å². The van der Waals surface area contributed by atoms with Crippen LogP contribution in [0.5, 0.6) is 0 Å². The lowest BCUT2D eigenvalue weighted by atomic mass is 9.59. The van der Waals surface area contributed by atoms with Crippen molar-refractivity contribution in [2.24, 2.45) is 28.6 Å². The maximum absolute atomic E-state index is 14.9. The number of aryl methyl sites for hydroxylation is 1. The van der Waals surface area contributed by atoms with E-state index in [2.05, 4.69) is 27.4 Å². The second-order valence-electron chi connectivity index (χ2n) is 13.7. The van der Waals surface area contributed by atoms with E-state index in [0.29, 0.717) is 17.7 Å². The highest BCUT2D eigenvalue weighted by molar-refractivity contribution is 5.96. The number of nitrogens with zero attached hydrogens (tertiary/aromatic N) is 1. The van der Waals surface area contributed by atoms with Gasteiger partial charge in [-0.3, -0.25) is 4.79 Å². The highest BCUT2D eigenvalue weighted by atomic mass is 16.7. The van der Waals surface area contributed by atoms with Gasteiger partial charge in [-0.15, -0.1) is 6.58 Å². The number of fused-ring (bicyclic) bond motifs is 3. The van der Waals surface area contributed by atoms with Gasteiger partial charge in [-0.2, -0.15) is 0 Å². The molecule has 1 spiro atoms.